The van der Waals surface area contributed by atoms with Gasteiger partial charge < -0.3 is 10.1 Å². The highest BCUT2D eigenvalue weighted by Gasteiger charge is 2.13. The average Bonchev–Trinajstić information content (AvgIpc) is 2.59. The minimum atomic E-state index is -0.283. The van der Waals surface area contributed by atoms with E-state index < -0.39 is 0 Å². The van der Waals surface area contributed by atoms with Gasteiger partial charge in [0.15, 0.2) is 0 Å². The van der Waals surface area contributed by atoms with Crippen molar-refractivity contribution in [3.63, 3.8) is 0 Å². The minimum Gasteiger partial charge on any atom is -0.493 e. The predicted octanol–water partition coefficient (Wildman–Crippen LogP) is 4.81. The summed E-state index contributed by atoms with van der Waals surface area (Å²) in [4.78, 5) is 4.53. The Morgan fingerprint density at radius 1 is 1.12 bits per heavy atom. The predicted molar refractivity (Wildman–Crippen MR) is 96.6 cm³/mol. The molecule has 130 valence electrons. The Morgan fingerprint density at radius 3 is 2.58 bits per heavy atom. The van der Waals surface area contributed by atoms with E-state index in [1.54, 1.807) is 6.07 Å². The van der Waals surface area contributed by atoms with E-state index in [-0.39, 0.29) is 5.82 Å². The van der Waals surface area contributed by atoms with Gasteiger partial charge in [-0.05, 0) is 43.5 Å². The third kappa shape index (κ3) is 4.78. The van der Waals surface area contributed by atoms with Gasteiger partial charge in [-0.1, -0.05) is 32.9 Å². The third-order valence-electron chi connectivity index (χ3n) is 4.13. The largest absolute Gasteiger partial charge is 0.493 e. The molecule has 0 bridgehead atoms. The maximum Gasteiger partial charge on any atom is 0.146 e. The van der Waals surface area contributed by atoms with E-state index in [0.29, 0.717) is 30.8 Å². The summed E-state index contributed by atoms with van der Waals surface area (Å²) in [6, 6.07) is 11.3. The van der Waals surface area contributed by atoms with Crippen molar-refractivity contribution in [1.29, 1.82) is 0 Å². The number of pyridine rings is 1. The summed E-state index contributed by atoms with van der Waals surface area (Å²) < 4.78 is 19.9. The van der Waals surface area contributed by atoms with E-state index in [4.69, 9.17) is 4.74 Å². The molecule has 2 aromatic rings. The van der Waals surface area contributed by atoms with Crippen LogP contribution in [0.4, 0.5) is 4.39 Å². The molecule has 3 nitrogen and oxygen atoms in total. The fourth-order valence-corrected chi connectivity index (χ4v) is 2.27. The zero-order valence-corrected chi connectivity index (χ0v) is 15.0. The second-order valence-electron chi connectivity index (χ2n) is 6.38. The lowest BCUT2D eigenvalue weighted by molar-refractivity contribution is 0.318. The van der Waals surface area contributed by atoms with Crippen LogP contribution in [-0.4, -0.2) is 17.6 Å². The van der Waals surface area contributed by atoms with E-state index in [2.05, 4.69) is 38.0 Å². The molecule has 4 heteroatoms. The standard InChI is InChI=1S/C20H27FN2O/c1-5-12-24-20-9-7-6-8-16(20)18-11-10-17(21)19(23-18)13-22-15(4)14(2)3/h6-11,14-15,22H,5,12-13H2,1-4H3/t15-/m1/s1. The number of hydrogen-bond donors (Lipinski definition) is 1. The van der Waals surface area contributed by atoms with Crippen LogP contribution in [0.3, 0.4) is 0 Å². The lowest BCUT2D eigenvalue weighted by Gasteiger charge is -2.18. The zero-order chi connectivity index (χ0) is 17.5. The summed E-state index contributed by atoms with van der Waals surface area (Å²) >= 11 is 0. The van der Waals surface area contributed by atoms with Gasteiger partial charge in [0.1, 0.15) is 11.6 Å². The molecule has 0 radical (unpaired) electrons. The van der Waals surface area contributed by atoms with Crippen LogP contribution in [0.15, 0.2) is 36.4 Å². The Morgan fingerprint density at radius 2 is 1.88 bits per heavy atom. The van der Waals surface area contributed by atoms with Crippen LogP contribution >= 0.6 is 0 Å². The van der Waals surface area contributed by atoms with Crippen molar-refractivity contribution in [2.45, 2.75) is 46.7 Å². The van der Waals surface area contributed by atoms with Crippen molar-refractivity contribution < 1.29 is 9.13 Å². The second kappa shape index (κ2) is 8.78. The fourth-order valence-electron chi connectivity index (χ4n) is 2.27. The first kappa shape index (κ1) is 18.4. The average molecular weight is 330 g/mol. The first-order valence-electron chi connectivity index (χ1n) is 8.64. The van der Waals surface area contributed by atoms with Crippen LogP contribution in [0.5, 0.6) is 5.75 Å². The molecule has 1 N–H and O–H groups in total. The van der Waals surface area contributed by atoms with Gasteiger partial charge in [0.05, 0.1) is 18.0 Å². The van der Waals surface area contributed by atoms with Crippen LogP contribution in [0.1, 0.15) is 39.8 Å². The number of benzene rings is 1. The Labute approximate surface area is 144 Å². The van der Waals surface area contributed by atoms with Crippen molar-refractivity contribution in [1.82, 2.24) is 10.3 Å². The highest BCUT2D eigenvalue weighted by Crippen LogP contribution is 2.29. The summed E-state index contributed by atoms with van der Waals surface area (Å²) in [7, 11) is 0. The molecule has 0 amide bonds. The van der Waals surface area contributed by atoms with Crippen molar-refractivity contribution in [2.75, 3.05) is 6.61 Å². The van der Waals surface area contributed by atoms with E-state index in [0.717, 1.165) is 23.4 Å². The van der Waals surface area contributed by atoms with Crippen LogP contribution < -0.4 is 10.1 Å². The molecule has 0 aliphatic rings. The molecule has 0 spiro atoms. The van der Waals surface area contributed by atoms with Crippen molar-refractivity contribution in [3.8, 4) is 17.0 Å². The van der Waals surface area contributed by atoms with Gasteiger partial charge in [0, 0.05) is 18.2 Å². The molecule has 1 heterocycles. The molecule has 0 fully saturated rings. The molecular weight excluding hydrogens is 303 g/mol. The number of para-hydroxylation sites is 1. The summed E-state index contributed by atoms with van der Waals surface area (Å²) in [6.45, 7) is 9.51. The highest BCUT2D eigenvalue weighted by molar-refractivity contribution is 5.67. The van der Waals surface area contributed by atoms with Gasteiger partial charge in [-0.3, -0.25) is 0 Å². The SMILES string of the molecule is CCCOc1ccccc1-c1ccc(F)c(CN[C@H](C)C(C)C)n1. The molecule has 24 heavy (non-hydrogen) atoms. The summed E-state index contributed by atoms with van der Waals surface area (Å²) in [5.74, 6) is 0.987. The number of nitrogens with one attached hydrogen (secondary N) is 1. The number of aromatic nitrogens is 1. The normalized spacial score (nSPS) is 12.4. The van der Waals surface area contributed by atoms with Crippen LogP contribution in [0, 0.1) is 11.7 Å². The zero-order valence-electron chi connectivity index (χ0n) is 15.0. The lowest BCUT2D eigenvalue weighted by atomic mass is 10.1. The monoisotopic (exact) mass is 330 g/mol. The van der Waals surface area contributed by atoms with E-state index in [1.165, 1.54) is 6.07 Å². The number of nitrogens with zero attached hydrogens (tertiary/aromatic N) is 1. The smallest absolute Gasteiger partial charge is 0.146 e. The topological polar surface area (TPSA) is 34.1 Å². The number of rotatable bonds is 8. The van der Waals surface area contributed by atoms with Crippen LogP contribution in [-0.2, 0) is 6.54 Å². The molecule has 0 saturated carbocycles. The first-order valence-corrected chi connectivity index (χ1v) is 8.64. The maximum atomic E-state index is 14.1. The van der Waals surface area contributed by atoms with Gasteiger partial charge >= 0.3 is 0 Å². The molecule has 0 unspecified atom stereocenters. The molecule has 1 aromatic carbocycles. The molecule has 0 saturated heterocycles. The van der Waals surface area contributed by atoms with Gasteiger partial charge in [-0.25, -0.2) is 9.37 Å². The Bertz CT molecular complexity index is 658. The fraction of sp³-hybridized carbons (Fsp3) is 0.450. The molecule has 1 aromatic heterocycles. The van der Waals surface area contributed by atoms with Crippen molar-refractivity contribution in [2.24, 2.45) is 5.92 Å². The molecule has 0 aliphatic carbocycles. The second-order valence-corrected chi connectivity index (χ2v) is 6.38. The van der Waals surface area contributed by atoms with Gasteiger partial charge in [-0.15, -0.1) is 0 Å². The summed E-state index contributed by atoms with van der Waals surface area (Å²) in [5.41, 5.74) is 2.06. The first-order chi connectivity index (χ1) is 11.5. The van der Waals surface area contributed by atoms with Gasteiger partial charge in [0.25, 0.3) is 0 Å². The van der Waals surface area contributed by atoms with E-state index in [1.807, 2.05) is 24.3 Å². The van der Waals surface area contributed by atoms with Crippen LogP contribution in [0.25, 0.3) is 11.3 Å². The number of halogens is 1. The van der Waals surface area contributed by atoms with E-state index >= 15 is 0 Å². The van der Waals surface area contributed by atoms with Crippen LogP contribution in [0.2, 0.25) is 0 Å². The van der Waals surface area contributed by atoms with Crippen molar-refractivity contribution in [3.05, 3.63) is 47.9 Å². The molecule has 0 aliphatic heterocycles. The van der Waals surface area contributed by atoms with Crippen molar-refractivity contribution >= 4 is 0 Å². The van der Waals surface area contributed by atoms with E-state index in [9.17, 15) is 4.39 Å². The molecular formula is C20H27FN2O. The minimum absolute atomic E-state index is 0.283. The van der Waals surface area contributed by atoms with Gasteiger partial charge in [0.2, 0.25) is 0 Å². The third-order valence-corrected chi connectivity index (χ3v) is 4.13. The quantitative estimate of drug-likeness (QED) is 0.754. The Kier molecular flexibility index (Phi) is 6.73. The maximum absolute atomic E-state index is 14.1. The molecule has 1 atom stereocenters. The molecule has 2 rings (SSSR count). The number of hydrogen-bond acceptors (Lipinski definition) is 3. The summed E-state index contributed by atoms with van der Waals surface area (Å²) in [5, 5.41) is 3.33. The Balaban J connectivity index is 2.24. The summed E-state index contributed by atoms with van der Waals surface area (Å²) in [6.07, 6.45) is 0.938. The number of ether oxygens (including phenoxy) is 1. The van der Waals surface area contributed by atoms with Gasteiger partial charge in [-0.2, -0.15) is 0 Å². The lowest BCUT2D eigenvalue weighted by Crippen LogP contribution is -2.30. The highest BCUT2D eigenvalue weighted by atomic mass is 19.1. The Hall–Kier alpha value is -1.94.